The van der Waals surface area contributed by atoms with Gasteiger partial charge in [-0.05, 0) is 44.0 Å². The zero-order valence-corrected chi connectivity index (χ0v) is 12.7. The highest BCUT2D eigenvalue weighted by Gasteiger charge is 2.23. The largest absolute Gasteiger partial charge is 0.465 e. The van der Waals surface area contributed by atoms with Crippen molar-refractivity contribution in [2.45, 2.75) is 0 Å². The Morgan fingerprint density at radius 2 is 2.19 bits per heavy atom. The van der Waals surface area contributed by atoms with E-state index in [2.05, 4.69) is 25.7 Å². The van der Waals surface area contributed by atoms with Crippen LogP contribution < -0.4 is 4.74 Å². The molecule has 0 radical (unpaired) electrons. The number of aromatic nitrogens is 2. The highest BCUT2D eigenvalue weighted by Crippen LogP contribution is 2.34. The molecule has 0 unspecified atom stereocenters. The molecular weight excluding hydrogens is 346 g/mol. The lowest BCUT2D eigenvalue weighted by molar-refractivity contribution is -0.390. The number of methoxy groups -OCH3 is 1. The average molecular weight is 356 g/mol. The third-order valence-electron chi connectivity index (χ3n) is 2.60. The second kappa shape index (κ2) is 5.92. The molecule has 0 amide bonds. The molecule has 0 N–H and O–H groups in total. The molecule has 0 bridgehead atoms. The Morgan fingerprint density at radius 1 is 1.48 bits per heavy atom. The molecule has 0 aliphatic heterocycles. The third-order valence-corrected chi connectivity index (χ3v) is 3.22. The number of carbonyl (C=O) groups is 1. The van der Waals surface area contributed by atoms with Crippen LogP contribution in [0, 0.1) is 10.1 Å². The van der Waals surface area contributed by atoms with Crippen molar-refractivity contribution >= 4 is 27.7 Å². The van der Waals surface area contributed by atoms with Gasteiger partial charge in [0.2, 0.25) is 6.33 Å². The van der Waals surface area contributed by atoms with E-state index in [4.69, 9.17) is 4.74 Å². The van der Waals surface area contributed by atoms with Gasteiger partial charge in [-0.3, -0.25) is 4.57 Å². The number of nitro groups is 1. The molecule has 1 heterocycles. The summed E-state index contributed by atoms with van der Waals surface area (Å²) in [6.07, 6.45) is 1.28. The zero-order chi connectivity index (χ0) is 15.6. The standard InChI is InChI=1S/C12H10BrN3O5/c1-15-6-14-10(16(18)19)11(15)21-9-4-3-7(5-8(9)13)12(17)20-2/h3-6H,1-2H3. The van der Waals surface area contributed by atoms with Gasteiger partial charge in [0.1, 0.15) is 5.75 Å². The molecule has 110 valence electrons. The van der Waals surface area contributed by atoms with Crippen LogP contribution in [-0.4, -0.2) is 27.6 Å². The van der Waals surface area contributed by atoms with Gasteiger partial charge >= 0.3 is 17.7 Å². The van der Waals surface area contributed by atoms with Gasteiger partial charge in [0, 0.05) is 7.05 Å². The van der Waals surface area contributed by atoms with Crippen LogP contribution in [0.25, 0.3) is 0 Å². The summed E-state index contributed by atoms with van der Waals surface area (Å²) in [5.74, 6) is -0.573. The molecule has 0 saturated carbocycles. The highest BCUT2D eigenvalue weighted by molar-refractivity contribution is 9.10. The molecular formula is C12H10BrN3O5. The van der Waals surface area contributed by atoms with Crippen LogP contribution >= 0.6 is 15.9 Å². The zero-order valence-electron chi connectivity index (χ0n) is 11.1. The van der Waals surface area contributed by atoms with Crippen LogP contribution in [0.1, 0.15) is 10.4 Å². The summed E-state index contributed by atoms with van der Waals surface area (Å²) in [5.41, 5.74) is 0.330. The Labute approximate surface area is 127 Å². The second-order valence-corrected chi connectivity index (χ2v) is 4.83. The summed E-state index contributed by atoms with van der Waals surface area (Å²) < 4.78 is 12.0. The molecule has 2 aromatic rings. The Kier molecular flexibility index (Phi) is 4.22. The molecule has 0 atom stereocenters. The normalized spacial score (nSPS) is 10.2. The van der Waals surface area contributed by atoms with E-state index in [0.29, 0.717) is 15.8 Å². The maximum atomic E-state index is 11.4. The molecule has 9 heteroatoms. The minimum atomic E-state index is -0.633. The van der Waals surface area contributed by atoms with E-state index in [1.54, 1.807) is 7.05 Å². The first-order valence-electron chi connectivity index (χ1n) is 5.65. The minimum Gasteiger partial charge on any atom is -0.465 e. The van der Waals surface area contributed by atoms with Crippen molar-refractivity contribution in [1.82, 2.24) is 9.55 Å². The van der Waals surface area contributed by atoms with Crippen molar-refractivity contribution in [3.05, 3.63) is 44.7 Å². The number of carbonyl (C=O) groups excluding carboxylic acids is 1. The van der Waals surface area contributed by atoms with Crippen molar-refractivity contribution in [1.29, 1.82) is 0 Å². The Balaban J connectivity index is 2.35. The van der Waals surface area contributed by atoms with Crippen LogP contribution in [0.2, 0.25) is 0 Å². The van der Waals surface area contributed by atoms with Gasteiger partial charge in [0.25, 0.3) is 0 Å². The predicted octanol–water partition coefficient (Wildman–Crippen LogP) is 2.67. The second-order valence-electron chi connectivity index (χ2n) is 3.98. The van der Waals surface area contributed by atoms with Gasteiger partial charge in [-0.2, -0.15) is 0 Å². The maximum Gasteiger partial charge on any atom is 0.427 e. The number of ether oxygens (including phenoxy) is 2. The molecule has 0 aliphatic rings. The quantitative estimate of drug-likeness (QED) is 0.475. The van der Waals surface area contributed by atoms with E-state index < -0.39 is 10.9 Å². The Bertz CT molecular complexity index is 713. The van der Waals surface area contributed by atoms with E-state index in [0.717, 1.165) is 0 Å². The smallest absolute Gasteiger partial charge is 0.427 e. The number of nitrogens with zero attached hydrogens (tertiary/aromatic N) is 3. The number of hydrogen-bond acceptors (Lipinski definition) is 6. The summed E-state index contributed by atoms with van der Waals surface area (Å²) >= 11 is 3.24. The van der Waals surface area contributed by atoms with Crippen LogP contribution in [0.3, 0.4) is 0 Å². The van der Waals surface area contributed by atoms with Crippen molar-refractivity contribution < 1.29 is 19.2 Å². The van der Waals surface area contributed by atoms with Crippen LogP contribution in [0.4, 0.5) is 5.82 Å². The number of aryl methyl sites for hydroxylation is 1. The number of rotatable bonds is 4. The van der Waals surface area contributed by atoms with Gasteiger partial charge in [0.15, 0.2) is 0 Å². The van der Waals surface area contributed by atoms with Crippen molar-refractivity contribution in [3.63, 3.8) is 0 Å². The molecule has 1 aromatic carbocycles. The van der Waals surface area contributed by atoms with Crippen molar-refractivity contribution in [2.75, 3.05) is 7.11 Å². The lowest BCUT2D eigenvalue weighted by atomic mass is 10.2. The Hall–Kier alpha value is -2.42. The number of hydrogen-bond donors (Lipinski definition) is 0. The van der Waals surface area contributed by atoms with E-state index in [1.807, 2.05) is 0 Å². The molecule has 21 heavy (non-hydrogen) atoms. The van der Waals surface area contributed by atoms with Crippen molar-refractivity contribution in [3.8, 4) is 11.6 Å². The maximum absolute atomic E-state index is 11.4. The lowest BCUT2D eigenvalue weighted by Crippen LogP contribution is -2.02. The van der Waals surface area contributed by atoms with Crippen LogP contribution in [0.5, 0.6) is 11.6 Å². The third kappa shape index (κ3) is 3.02. The topological polar surface area (TPSA) is 96.5 Å². The number of benzene rings is 1. The SMILES string of the molecule is COC(=O)c1ccc(Oc2c([N+](=O)[O-])ncn2C)c(Br)c1. The first-order valence-corrected chi connectivity index (χ1v) is 6.44. The van der Waals surface area contributed by atoms with Gasteiger partial charge in [-0.25, -0.2) is 4.79 Å². The predicted molar refractivity (Wildman–Crippen MR) is 75.4 cm³/mol. The molecule has 0 fully saturated rings. The van der Waals surface area contributed by atoms with Crippen molar-refractivity contribution in [2.24, 2.45) is 7.05 Å². The highest BCUT2D eigenvalue weighted by atomic mass is 79.9. The molecule has 8 nitrogen and oxygen atoms in total. The van der Waals surface area contributed by atoms with E-state index in [-0.39, 0.29) is 11.7 Å². The summed E-state index contributed by atoms with van der Waals surface area (Å²) in [4.78, 5) is 25.3. The first kappa shape index (κ1) is 15.0. The van der Waals surface area contributed by atoms with E-state index >= 15 is 0 Å². The minimum absolute atomic E-state index is 0.00785. The van der Waals surface area contributed by atoms with Crippen LogP contribution in [-0.2, 0) is 11.8 Å². The molecule has 2 rings (SSSR count). The fourth-order valence-corrected chi connectivity index (χ4v) is 2.04. The Morgan fingerprint density at radius 3 is 2.76 bits per heavy atom. The molecule has 1 aromatic heterocycles. The van der Waals surface area contributed by atoms with Gasteiger partial charge in [0.05, 0.1) is 17.1 Å². The fraction of sp³-hybridized carbons (Fsp3) is 0.167. The summed E-state index contributed by atoms with van der Waals surface area (Å²) in [6.45, 7) is 0. The number of imidazole rings is 1. The first-order chi connectivity index (χ1) is 9.93. The summed E-state index contributed by atoms with van der Waals surface area (Å²) in [5, 5.41) is 10.9. The average Bonchev–Trinajstić information content (AvgIpc) is 2.81. The van der Waals surface area contributed by atoms with Gasteiger partial charge in [-0.1, -0.05) is 0 Å². The summed E-state index contributed by atoms with van der Waals surface area (Å²) in [6, 6.07) is 4.50. The monoisotopic (exact) mass is 355 g/mol. The summed E-state index contributed by atoms with van der Waals surface area (Å²) in [7, 11) is 2.85. The molecule has 0 spiro atoms. The van der Waals surface area contributed by atoms with Crippen LogP contribution in [0.15, 0.2) is 29.0 Å². The number of esters is 1. The molecule has 0 saturated heterocycles. The van der Waals surface area contributed by atoms with E-state index in [9.17, 15) is 14.9 Å². The number of halogens is 1. The fourth-order valence-electron chi connectivity index (χ4n) is 1.58. The van der Waals surface area contributed by atoms with Gasteiger partial charge < -0.3 is 19.6 Å². The van der Waals surface area contributed by atoms with Gasteiger partial charge in [-0.15, -0.1) is 0 Å². The molecule has 0 aliphatic carbocycles. The lowest BCUT2D eigenvalue weighted by Gasteiger charge is -2.08. The van der Waals surface area contributed by atoms with E-state index in [1.165, 1.54) is 36.2 Å².